The summed E-state index contributed by atoms with van der Waals surface area (Å²) in [5, 5.41) is 0. The van der Waals surface area contributed by atoms with Gasteiger partial charge in [0.25, 0.3) is 10.2 Å². The summed E-state index contributed by atoms with van der Waals surface area (Å²) in [6, 6.07) is 0.164. The molecule has 5 heteroatoms. The van der Waals surface area contributed by atoms with E-state index in [9.17, 15) is 8.42 Å². The van der Waals surface area contributed by atoms with Crippen LogP contribution in [0.2, 0.25) is 0 Å². The van der Waals surface area contributed by atoms with E-state index in [1.54, 1.807) is 4.31 Å². The average Bonchev–Trinajstić information content (AvgIpc) is 2.34. The van der Waals surface area contributed by atoms with Crippen LogP contribution in [-0.2, 0) is 10.2 Å². The molecule has 0 aromatic rings. The normalized spacial score (nSPS) is 25.6. The molecule has 1 heterocycles. The highest BCUT2D eigenvalue weighted by molar-refractivity contribution is 7.87. The zero-order valence-corrected chi connectivity index (χ0v) is 12.1. The topological polar surface area (TPSA) is 49.4 Å². The van der Waals surface area contributed by atoms with Gasteiger partial charge in [-0.25, -0.2) is 0 Å². The summed E-state index contributed by atoms with van der Waals surface area (Å²) in [7, 11) is -3.23. The maximum absolute atomic E-state index is 12.3. The Morgan fingerprint density at radius 2 is 1.28 bits per heavy atom. The highest BCUT2D eigenvalue weighted by Gasteiger charge is 2.26. The van der Waals surface area contributed by atoms with Gasteiger partial charge in [0.05, 0.1) is 0 Å². The van der Waals surface area contributed by atoms with Crippen LogP contribution < -0.4 is 4.72 Å². The lowest BCUT2D eigenvalue weighted by Crippen LogP contribution is -2.47. The molecule has 0 aromatic carbocycles. The van der Waals surface area contributed by atoms with E-state index in [4.69, 9.17) is 0 Å². The first-order valence-electron chi connectivity index (χ1n) is 7.46. The van der Waals surface area contributed by atoms with Crippen LogP contribution in [-0.4, -0.2) is 31.9 Å². The average molecular weight is 274 g/mol. The van der Waals surface area contributed by atoms with Gasteiger partial charge in [0.1, 0.15) is 0 Å². The molecule has 2 aliphatic rings. The molecule has 18 heavy (non-hydrogen) atoms. The maximum Gasteiger partial charge on any atom is 0.279 e. The first-order valence-corrected chi connectivity index (χ1v) is 8.90. The summed E-state index contributed by atoms with van der Waals surface area (Å²) in [5.41, 5.74) is 0. The first kappa shape index (κ1) is 14.3. The van der Waals surface area contributed by atoms with Gasteiger partial charge in [0.15, 0.2) is 0 Å². The Morgan fingerprint density at radius 3 is 1.89 bits per heavy atom. The number of piperidine rings is 1. The molecule has 4 nitrogen and oxygen atoms in total. The molecule has 106 valence electrons. The van der Waals surface area contributed by atoms with Crippen LogP contribution in [0.5, 0.6) is 0 Å². The minimum Gasteiger partial charge on any atom is -0.199 e. The van der Waals surface area contributed by atoms with Crippen molar-refractivity contribution >= 4 is 10.2 Å². The van der Waals surface area contributed by atoms with Gasteiger partial charge in [0, 0.05) is 19.1 Å². The van der Waals surface area contributed by atoms with Crippen molar-refractivity contribution in [2.75, 3.05) is 13.1 Å². The van der Waals surface area contributed by atoms with Gasteiger partial charge >= 0.3 is 0 Å². The molecule has 2 rings (SSSR count). The van der Waals surface area contributed by atoms with Crippen molar-refractivity contribution in [3.8, 4) is 0 Å². The second-order valence-corrected chi connectivity index (χ2v) is 7.33. The molecule has 0 aromatic heterocycles. The van der Waals surface area contributed by atoms with Crippen LogP contribution >= 0.6 is 0 Å². The smallest absolute Gasteiger partial charge is 0.199 e. The summed E-state index contributed by atoms with van der Waals surface area (Å²) in [4.78, 5) is 0. The van der Waals surface area contributed by atoms with Crippen molar-refractivity contribution in [2.45, 2.75) is 70.3 Å². The van der Waals surface area contributed by atoms with E-state index < -0.39 is 10.2 Å². The Morgan fingerprint density at radius 1 is 0.778 bits per heavy atom. The molecule has 0 unspecified atom stereocenters. The van der Waals surface area contributed by atoms with E-state index in [1.807, 2.05) is 0 Å². The predicted molar refractivity (Wildman–Crippen MR) is 73.6 cm³/mol. The molecule has 1 N–H and O–H groups in total. The van der Waals surface area contributed by atoms with Gasteiger partial charge in [-0.1, -0.05) is 38.5 Å². The Hall–Kier alpha value is -0.130. The van der Waals surface area contributed by atoms with E-state index in [1.165, 1.54) is 19.3 Å². The summed E-state index contributed by atoms with van der Waals surface area (Å²) in [5.74, 6) is 0. The van der Waals surface area contributed by atoms with Crippen molar-refractivity contribution < 1.29 is 8.42 Å². The third-order valence-electron chi connectivity index (χ3n) is 4.08. The van der Waals surface area contributed by atoms with Crippen LogP contribution in [0.3, 0.4) is 0 Å². The van der Waals surface area contributed by atoms with E-state index >= 15 is 0 Å². The Labute approximate surface area is 111 Å². The molecular weight excluding hydrogens is 248 g/mol. The highest BCUT2D eigenvalue weighted by atomic mass is 32.2. The lowest BCUT2D eigenvalue weighted by atomic mass is 9.97. The molecule has 0 atom stereocenters. The third kappa shape index (κ3) is 4.21. The lowest BCUT2D eigenvalue weighted by Gasteiger charge is -2.29. The quantitative estimate of drug-likeness (QED) is 0.859. The fourth-order valence-corrected chi connectivity index (χ4v) is 4.51. The second-order valence-electron chi connectivity index (χ2n) is 5.62. The van der Waals surface area contributed by atoms with Gasteiger partial charge in [-0.15, -0.1) is 0 Å². The van der Waals surface area contributed by atoms with Crippen molar-refractivity contribution in [3.05, 3.63) is 0 Å². The molecule has 1 saturated carbocycles. The number of nitrogens with one attached hydrogen (secondary N) is 1. The van der Waals surface area contributed by atoms with Crippen LogP contribution in [0.15, 0.2) is 0 Å². The Balaban J connectivity index is 1.88. The van der Waals surface area contributed by atoms with Crippen molar-refractivity contribution in [1.82, 2.24) is 9.03 Å². The molecule has 2 fully saturated rings. The van der Waals surface area contributed by atoms with Gasteiger partial charge in [0.2, 0.25) is 0 Å². The molecule has 1 saturated heterocycles. The first-order chi connectivity index (χ1) is 8.68. The largest absolute Gasteiger partial charge is 0.279 e. The summed E-state index contributed by atoms with van der Waals surface area (Å²) >= 11 is 0. The third-order valence-corrected chi connectivity index (χ3v) is 5.75. The molecule has 0 radical (unpaired) electrons. The Bertz CT molecular complexity index is 329. The SMILES string of the molecule is O=S(=O)(NC1CCCCCCC1)N1CCCCC1. The molecule has 0 amide bonds. The van der Waals surface area contributed by atoms with E-state index in [-0.39, 0.29) is 6.04 Å². The summed E-state index contributed by atoms with van der Waals surface area (Å²) in [6.45, 7) is 1.39. The van der Waals surface area contributed by atoms with Crippen molar-refractivity contribution in [3.63, 3.8) is 0 Å². The zero-order valence-electron chi connectivity index (χ0n) is 11.2. The summed E-state index contributed by atoms with van der Waals surface area (Å²) < 4.78 is 29.1. The maximum atomic E-state index is 12.3. The van der Waals surface area contributed by atoms with E-state index in [0.29, 0.717) is 13.1 Å². The molecule has 0 bridgehead atoms. The van der Waals surface area contributed by atoms with Crippen LogP contribution in [0.1, 0.15) is 64.2 Å². The lowest BCUT2D eigenvalue weighted by molar-refractivity contribution is 0.332. The standard InChI is InChI=1S/C13H26N2O2S/c16-18(17,15-11-7-4-8-12-15)14-13-9-5-2-1-3-6-10-13/h13-14H,1-12H2. The second kappa shape index (κ2) is 6.87. The zero-order chi connectivity index (χ0) is 12.8. The molecule has 1 aliphatic carbocycles. The number of nitrogens with zero attached hydrogens (tertiary/aromatic N) is 1. The van der Waals surface area contributed by atoms with E-state index in [2.05, 4.69) is 4.72 Å². The van der Waals surface area contributed by atoms with Gasteiger partial charge in [-0.05, 0) is 25.7 Å². The number of rotatable bonds is 3. The fraction of sp³-hybridized carbons (Fsp3) is 1.00. The number of hydrogen-bond acceptors (Lipinski definition) is 2. The van der Waals surface area contributed by atoms with Gasteiger partial charge in [-0.3, -0.25) is 0 Å². The van der Waals surface area contributed by atoms with Crippen LogP contribution in [0, 0.1) is 0 Å². The van der Waals surface area contributed by atoms with Crippen molar-refractivity contribution in [1.29, 1.82) is 0 Å². The van der Waals surface area contributed by atoms with Gasteiger partial charge in [-0.2, -0.15) is 17.4 Å². The van der Waals surface area contributed by atoms with E-state index in [0.717, 1.165) is 44.9 Å². The minimum atomic E-state index is -3.23. The summed E-state index contributed by atoms with van der Waals surface area (Å²) in [6.07, 6.45) is 11.3. The van der Waals surface area contributed by atoms with Crippen molar-refractivity contribution in [2.24, 2.45) is 0 Å². The molecular formula is C13H26N2O2S. The minimum absolute atomic E-state index is 0.164. The fourth-order valence-electron chi connectivity index (χ4n) is 2.96. The number of hydrogen-bond donors (Lipinski definition) is 1. The van der Waals surface area contributed by atoms with Crippen LogP contribution in [0.25, 0.3) is 0 Å². The molecule has 0 spiro atoms. The van der Waals surface area contributed by atoms with Crippen LogP contribution in [0.4, 0.5) is 0 Å². The predicted octanol–water partition coefficient (Wildman–Crippen LogP) is 2.42. The molecule has 1 aliphatic heterocycles. The Kier molecular flexibility index (Phi) is 5.45. The van der Waals surface area contributed by atoms with Gasteiger partial charge < -0.3 is 0 Å². The highest BCUT2D eigenvalue weighted by Crippen LogP contribution is 2.19. The monoisotopic (exact) mass is 274 g/mol.